The van der Waals surface area contributed by atoms with Gasteiger partial charge in [0.25, 0.3) is 5.91 Å². The molecule has 6 heteroatoms. The van der Waals surface area contributed by atoms with Crippen molar-refractivity contribution in [1.82, 2.24) is 15.1 Å². The molecule has 2 aromatic rings. The third-order valence-corrected chi connectivity index (χ3v) is 8.19. The monoisotopic (exact) mass is 546 g/mol. The number of piperidine rings is 1. The summed E-state index contributed by atoms with van der Waals surface area (Å²) >= 11 is 0. The van der Waals surface area contributed by atoms with Gasteiger partial charge in [-0.05, 0) is 86.1 Å². The molecule has 0 bridgehead atoms. The standard InChI is InChI=1S/C34H50N4O2/c1-27(2)24-37-19-8-5-4-6-11-20-38(28(3)39)33-16-15-31(22-32(33)26-37)34(40)35-23-29-13-12-14-30(21-29)25-36-17-9-7-10-18-36/h12-16,21-22,27H,4-11,17-20,23-26H2,1-3H3,(H,35,40). The SMILES string of the molecule is CC(=O)N1CCCCCCCN(CC(C)C)Cc2cc(C(=O)NCc3cccc(CN4CCCCC4)c3)ccc21. The number of fused-ring (bicyclic) bond motifs is 1. The minimum Gasteiger partial charge on any atom is -0.348 e. The van der Waals surface area contributed by atoms with Crippen LogP contribution in [0.3, 0.4) is 0 Å². The molecule has 218 valence electrons. The minimum atomic E-state index is -0.0693. The van der Waals surface area contributed by atoms with Gasteiger partial charge in [0.1, 0.15) is 0 Å². The molecule has 0 spiro atoms. The van der Waals surface area contributed by atoms with Crippen molar-refractivity contribution in [3.63, 3.8) is 0 Å². The molecule has 0 aromatic heterocycles. The molecule has 0 atom stereocenters. The van der Waals surface area contributed by atoms with Gasteiger partial charge in [0, 0.05) is 50.9 Å². The summed E-state index contributed by atoms with van der Waals surface area (Å²) in [5.41, 5.74) is 5.10. The second kappa shape index (κ2) is 15.3. The second-order valence-corrected chi connectivity index (χ2v) is 12.3. The van der Waals surface area contributed by atoms with Crippen LogP contribution in [0.1, 0.15) is 99.2 Å². The molecule has 40 heavy (non-hydrogen) atoms. The highest BCUT2D eigenvalue weighted by atomic mass is 16.2. The lowest BCUT2D eigenvalue weighted by molar-refractivity contribution is -0.116. The van der Waals surface area contributed by atoms with Gasteiger partial charge in [0.15, 0.2) is 0 Å². The number of rotatable bonds is 7. The summed E-state index contributed by atoms with van der Waals surface area (Å²) in [6.07, 6.45) is 9.70. The lowest BCUT2D eigenvalue weighted by Crippen LogP contribution is -2.34. The molecular weight excluding hydrogens is 496 g/mol. The third kappa shape index (κ3) is 9.17. The first kappa shape index (κ1) is 30.3. The van der Waals surface area contributed by atoms with E-state index in [4.69, 9.17) is 0 Å². The van der Waals surface area contributed by atoms with Gasteiger partial charge in [-0.15, -0.1) is 0 Å². The minimum absolute atomic E-state index is 0.0651. The molecule has 0 saturated carbocycles. The Kier molecular flexibility index (Phi) is 11.6. The maximum atomic E-state index is 13.3. The Morgan fingerprint density at radius 1 is 0.800 bits per heavy atom. The Bertz CT molecular complexity index is 1110. The lowest BCUT2D eigenvalue weighted by atomic mass is 10.0. The summed E-state index contributed by atoms with van der Waals surface area (Å²) in [4.78, 5) is 33.0. The van der Waals surface area contributed by atoms with Crippen molar-refractivity contribution < 1.29 is 9.59 Å². The summed E-state index contributed by atoms with van der Waals surface area (Å²) in [5.74, 6) is 0.549. The Morgan fingerprint density at radius 3 is 2.17 bits per heavy atom. The molecule has 0 unspecified atom stereocenters. The van der Waals surface area contributed by atoms with Crippen molar-refractivity contribution in [3.05, 3.63) is 64.7 Å². The summed E-state index contributed by atoms with van der Waals surface area (Å²) in [5, 5.41) is 3.15. The average molecular weight is 547 g/mol. The smallest absolute Gasteiger partial charge is 0.251 e. The fourth-order valence-corrected chi connectivity index (χ4v) is 6.19. The van der Waals surface area contributed by atoms with Crippen LogP contribution >= 0.6 is 0 Å². The number of benzene rings is 2. The van der Waals surface area contributed by atoms with Crippen molar-refractivity contribution in [2.75, 3.05) is 37.6 Å². The van der Waals surface area contributed by atoms with E-state index in [2.05, 4.69) is 53.2 Å². The largest absolute Gasteiger partial charge is 0.348 e. The molecule has 2 aromatic carbocycles. The molecule has 0 aliphatic carbocycles. The number of likely N-dealkylation sites (tertiary alicyclic amines) is 1. The molecule has 4 rings (SSSR count). The summed E-state index contributed by atoms with van der Waals surface area (Å²) in [7, 11) is 0. The summed E-state index contributed by atoms with van der Waals surface area (Å²) < 4.78 is 0. The van der Waals surface area contributed by atoms with Crippen LogP contribution in [0.2, 0.25) is 0 Å². The van der Waals surface area contributed by atoms with E-state index >= 15 is 0 Å². The number of anilines is 1. The third-order valence-electron chi connectivity index (χ3n) is 8.19. The number of hydrogen-bond donors (Lipinski definition) is 1. The van der Waals surface area contributed by atoms with Crippen LogP contribution in [0, 0.1) is 5.92 Å². The van der Waals surface area contributed by atoms with Crippen molar-refractivity contribution in [1.29, 1.82) is 0 Å². The number of hydrogen-bond acceptors (Lipinski definition) is 4. The van der Waals surface area contributed by atoms with Gasteiger partial charge in [0.2, 0.25) is 5.91 Å². The Balaban J connectivity index is 1.50. The topological polar surface area (TPSA) is 55.9 Å². The van der Waals surface area contributed by atoms with Crippen LogP contribution in [-0.4, -0.2) is 54.3 Å². The number of carbonyl (C=O) groups excluding carboxylic acids is 2. The first-order valence-corrected chi connectivity index (χ1v) is 15.6. The van der Waals surface area contributed by atoms with Crippen molar-refractivity contribution in [2.24, 2.45) is 5.92 Å². The molecule has 1 fully saturated rings. The van der Waals surface area contributed by atoms with Crippen LogP contribution in [0.15, 0.2) is 42.5 Å². The molecule has 2 aliphatic heterocycles. The highest BCUT2D eigenvalue weighted by Gasteiger charge is 2.20. The van der Waals surface area contributed by atoms with Crippen LogP contribution in [0.4, 0.5) is 5.69 Å². The van der Waals surface area contributed by atoms with E-state index in [0.29, 0.717) is 18.0 Å². The van der Waals surface area contributed by atoms with Gasteiger partial charge >= 0.3 is 0 Å². The number of nitrogens with one attached hydrogen (secondary N) is 1. The quantitative estimate of drug-likeness (QED) is 0.438. The summed E-state index contributed by atoms with van der Waals surface area (Å²) in [6.45, 7) is 13.5. The van der Waals surface area contributed by atoms with Gasteiger partial charge in [-0.1, -0.05) is 63.8 Å². The molecule has 1 saturated heterocycles. The Morgan fingerprint density at radius 2 is 1.45 bits per heavy atom. The highest BCUT2D eigenvalue weighted by molar-refractivity contribution is 5.97. The lowest BCUT2D eigenvalue weighted by Gasteiger charge is -2.30. The predicted molar refractivity (Wildman–Crippen MR) is 164 cm³/mol. The van der Waals surface area contributed by atoms with E-state index in [1.807, 2.05) is 23.1 Å². The molecule has 2 heterocycles. The van der Waals surface area contributed by atoms with Crippen LogP contribution in [0.25, 0.3) is 0 Å². The van der Waals surface area contributed by atoms with E-state index < -0.39 is 0 Å². The number of amides is 2. The molecule has 1 N–H and O–H groups in total. The maximum Gasteiger partial charge on any atom is 0.251 e. The van der Waals surface area contributed by atoms with Gasteiger partial charge < -0.3 is 10.2 Å². The van der Waals surface area contributed by atoms with E-state index in [9.17, 15) is 9.59 Å². The normalized spacial score (nSPS) is 18.1. The van der Waals surface area contributed by atoms with Gasteiger partial charge in [0.05, 0.1) is 0 Å². The van der Waals surface area contributed by atoms with Gasteiger partial charge in [-0.25, -0.2) is 0 Å². The second-order valence-electron chi connectivity index (χ2n) is 12.3. The Labute approximate surface area is 242 Å². The first-order chi connectivity index (χ1) is 19.4. The van der Waals surface area contributed by atoms with Crippen molar-refractivity contribution >= 4 is 17.5 Å². The van der Waals surface area contributed by atoms with Crippen LogP contribution in [-0.2, 0) is 24.4 Å². The van der Waals surface area contributed by atoms with Crippen molar-refractivity contribution in [2.45, 2.75) is 91.8 Å². The Hall–Kier alpha value is -2.70. The summed E-state index contributed by atoms with van der Waals surface area (Å²) in [6, 6.07) is 14.5. The number of carbonyl (C=O) groups is 2. The van der Waals surface area contributed by atoms with Gasteiger partial charge in [-0.3, -0.25) is 19.4 Å². The van der Waals surface area contributed by atoms with Crippen LogP contribution < -0.4 is 10.2 Å². The van der Waals surface area contributed by atoms with E-state index in [1.54, 1.807) is 6.92 Å². The van der Waals surface area contributed by atoms with E-state index in [0.717, 1.165) is 62.4 Å². The fourth-order valence-electron chi connectivity index (χ4n) is 6.19. The van der Waals surface area contributed by atoms with Crippen LogP contribution in [0.5, 0.6) is 0 Å². The van der Waals surface area contributed by atoms with E-state index in [1.165, 1.54) is 57.2 Å². The molecule has 2 aliphatic rings. The molecule has 0 radical (unpaired) electrons. The fraction of sp³-hybridized carbons (Fsp3) is 0.588. The molecular formula is C34H50N4O2. The first-order valence-electron chi connectivity index (χ1n) is 15.6. The highest BCUT2D eigenvalue weighted by Crippen LogP contribution is 2.26. The maximum absolute atomic E-state index is 13.3. The molecule has 2 amide bonds. The zero-order valence-electron chi connectivity index (χ0n) is 25.1. The molecule has 6 nitrogen and oxygen atoms in total. The van der Waals surface area contributed by atoms with E-state index in [-0.39, 0.29) is 11.8 Å². The average Bonchev–Trinajstić information content (AvgIpc) is 2.93. The number of nitrogens with zero attached hydrogens (tertiary/aromatic N) is 3. The predicted octanol–water partition coefficient (Wildman–Crippen LogP) is 6.38. The zero-order valence-corrected chi connectivity index (χ0v) is 25.1. The van der Waals surface area contributed by atoms with Gasteiger partial charge in [-0.2, -0.15) is 0 Å². The zero-order chi connectivity index (χ0) is 28.3. The van der Waals surface area contributed by atoms with Crippen molar-refractivity contribution in [3.8, 4) is 0 Å².